The molecular formula is C11H13N3O5S. The van der Waals surface area contributed by atoms with E-state index in [9.17, 15) is 13.2 Å². The molecule has 108 valence electrons. The van der Waals surface area contributed by atoms with Gasteiger partial charge in [-0.25, -0.2) is 13.4 Å². The Morgan fingerprint density at radius 3 is 2.85 bits per heavy atom. The van der Waals surface area contributed by atoms with Gasteiger partial charge in [-0.3, -0.25) is 4.79 Å². The van der Waals surface area contributed by atoms with Crippen LogP contribution in [-0.2, 0) is 19.6 Å². The molecule has 0 aliphatic carbocycles. The molecule has 1 aromatic rings. The lowest BCUT2D eigenvalue weighted by Gasteiger charge is -2.20. The predicted octanol–water partition coefficient (Wildman–Crippen LogP) is -0.325. The fraction of sp³-hybridized carbons (Fsp3) is 0.364. The zero-order valence-corrected chi connectivity index (χ0v) is 11.5. The fourth-order valence-electron chi connectivity index (χ4n) is 1.45. The minimum atomic E-state index is -4.12. The molecule has 8 nitrogen and oxygen atoms in total. The third-order valence-electron chi connectivity index (χ3n) is 2.35. The van der Waals surface area contributed by atoms with Crippen LogP contribution in [0.15, 0.2) is 23.2 Å². The Hall–Kier alpha value is -2.02. The number of nitrogens with zero attached hydrogens (tertiary/aromatic N) is 3. The normalized spacial score (nSPS) is 11.2. The largest absolute Gasteiger partial charge is 0.480 e. The van der Waals surface area contributed by atoms with E-state index in [0.29, 0.717) is 0 Å². The summed E-state index contributed by atoms with van der Waals surface area (Å²) in [4.78, 5) is 14.1. The van der Waals surface area contributed by atoms with Gasteiger partial charge in [0.05, 0.1) is 6.61 Å². The minimum Gasteiger partial charge on any atom is -0.480 e. The SMILES string of the molecule is COCCN(CC(=O)O)S(=O)(=O)c1cccnc1C#N. The molecule has 0 saturated carbocycles. The van der Waals surface area contributed by atoms with E-state index in [4.69, 9.17) is 15.1 Å². The Kier molecular flexibility index (Phi) is 5.57. The molecule has 0 bridgehead atoms. The molecule has 0 aromatic carbocycles. The Balaban J connectivity index is 3.22. The van der Waals surface area contributed by atoms with Crippen LogP contribution in [0, 0.1) is 11.3 Å². The number of aliphatic carboxylic acids is 1. The smallest absolute Gasteiger partial charge is 0.318 e. The number of pyridine rings is 1. The molecule has 0 unspecified atom stereocenters. The van der Waals surface area contributed by atoms with Crippen LogP contribution in [0.5, 0.6) is 0 Å². The van der Waals surface area contributed by atoms with Gasteiger partial charge in [0.25, 0.3) is 0 Å². The summed E-state index contributed by atoms with van der Waals surface area (Å²) in [6, 6.07) is 4.25. The van der Waals surface area contributed by atoms with Crippen molar-refractivity contribution in [1.29, 1.82) is 5.26 Å². The van der Waals surface area contributed by atoms with Crippen molar-refractivity contribution in [3.05, 3.63) is 24.0 Å². The number of sulfonamides is 1. The third-order valence-corrected chi connectivity index (χ3v) is 4.23. The molecule has 0 spiro atoms. The first-order valence-corrected chi connectivity index (χ1v) is 6.93. The third kappa shape index (κ3) is 3.74. The van der Waals surface area contributed by atoms with Crippen molar-refractivity contribution < 1.29 is 23.1 Å². The number of aromatic nitrogens is 1. The Morgan fingerprint density at radius 1 is 1.60 bits per heavy atom. The average molecular weight is 299 g/mol. The molecule has 0 aliphatic rings. The van der Waals surface area contributed by atoms with E-state index in [0.717, 1.165) is 4.31 Å². The molecule has 1 rings (SSSR count). The number of ether oxygens (including phenoxy) is 1. The van der Waals surface area contributed by atoms with Crippen LogP contribution in [0.25, 0.3) is 0 Å². The number of hydrogen-bond acceptors (Lipinski definition) is 6. The summed E-state index contributed by atoms with van der Waals surface area (Å²) in [5.41, 5.74) is -0.277. The van der Waals surface area contributed by atoms with Crippen molar-refractivity contribution in [3.8, 4) is 6.07 Å². The van der Waals surface area contributed by atoms with Crippen molar-refractivity contribution in [2.45, 2.75) is 4.90 Å². The molecule has 1 aromatic heterocycles. The highest BCUT2D eigenvalue weighted by molar-refractivity contribution is 7.89. The molecule has 0 aliphatic heterocycles. The Labute approximate surface area is 116 Å². The zero-order valence-electron chi connectivity index (χ0n) is 10.7. The quantitative estimate of drug-likeness (QED) is 0.732. The van der Waals surface area contributed by atoms with Gasteiger partial charge in [0.1, 0.15) is 17.5 Å². The van der Waals surface area contributed by atoms with Crippen molar-refractivity contribution in [1.82, 2.24) is 9.29 Å². The number of rotatable bonds is 7. The standard InChI is InChI=1S/C11H13N3O5S/c1-19-6-5-14(8-11(15)16)20(17,18)10-3-2-4-13-9(10)7-12/h2-4H,5-6,8H2,1H3,(H,15,16). The summed E-state index contributed by atoms with van der Waals surface area (Å²) in [6.07, 6.45) is 1.29. The van der Waals surface area contributed by atoms with Gasteiger partial charge in [0.15, 0.2) is 5.69 Å². The highest BCUT2D eigenvalue weighted by Gasteiger charge is 2.29. The summed E-state index contributed by atoms with van der Waals surface area (Å²) in [7, 11) is -2.75. The monoisotopic (exact) mass is 299 g/mol. The average Bonchev–Trinajstić information content (AvgIpc) is 2.42. The molecule has 0 fully saturated rings. The van der Waals surface area contributed by atoms with Crippen LogP contribution >= 0.6 is 0 Å². The second-order valence-corrected chi connectivity index (χ2v) is 5.59. The summed E-state index contributed by atoms with van der Waals surface area (Å²) >= 11 is 0. The molecule has 1 heterocycles. The van der Waals surface area contributed by atoms with Crippen LogP contribution in [0.3, 0.4) is 0 Å². The number of methoxy groups -OCH3 is 1. The Bertz CT molecular complexity index is 623. The van der Waals surface area contributed by atoms with Crippen LogP contribution < -0.4 is 0 Å². The van der Waals surface area contributed by atoms with Crippen LogP contribution in [0.2, 0.25) is 0 Å². The first kappa shape index (κ1) is 16.0. The predicted molar refractivity (Wildman–Crippen MR) is 67.2 cm³/mol. The van der Waals surface area contributed by atoms with Gasteiger partial charge in [0.2, 0.25) is 10.0 Å². The van der Waals surface area contributed by atoms with Crippen molar-refractivity contribution in [2.24, 2.45) is 0 Å². The van der Waals surface area contributed by atoms with Crippen LogP contribution in [0.4, 0.5) is 0 Å². The second-order valence-electron chi connectivity index (χ2n) is 3.69. The van der Waals surface area contributed by atoms with E-state index in [1.807, 2.05) is 0 Å². The summed E-state index contributed by atoms with van der Waals surface area (Å²) in [6.45, 7) is -0.814. The van der Waals surface area contributed by atoms with Gasteiger partial charge < -0.3 is 9.84 Å². The molecule has 9 heteroatoms. The van der Waals surface area contributed by atoms with E-state index in [1.165, 1.54) is 25.4 Å². The lowest BCUT2D eigenvalue weighted by atomic mass is 10.4. The van der Waals surface area contributed by atoms with Crippen molar-refractivity contribution in [2.75, 3.05) is 26.8 Å². The van der Waals surface area contributed by atoms with Gasteiger partial charge in [-0.2, -0.15) is 9.57 Å². The van der Waals surface area contributed by atoms with E-state index < -0.39 is 22.5 Å². The highest BCUT2D eigenvalue weighted by atomic mass is 32.2. The Morgan fingerprint density at radius 2 is 2.30 bits per heavy atom. The maximum absolute atomic E-state index is 12.4. The summed E-state index contributed by atoms with van der Waals surface area (Å²) in [5.74, 6) is -1.30. The number of carboxylic acids is 1. The van der Waals surface area contributed by atoms with E-state index in [1.54, 1.807) is 6.07 Å². The van der Waals surface area contributed by atoms with Crippen LogP contribution in [0.1, 0.15) is 5.69 Å². The van der Waals surface area contributed by atoms with Crippen molar-refractivity contribution >= 4 is 16.0 Å². The molecular weight excluding hydrogens is 286 g/mol. The second kappa shape index (κ2) is 6.95. The summed E-state index contributed by atoms with van der Waals surface area (Å²) < 4.78 is 30.2. The van der Waals surface area contributed by atoms with Crippen molar-refractivity contribution in [3.63, 3.8) is 0 Å². The molecule has 1 N–H and O–H groups in total. The number of hydrogen-bond donors (Lipinski definition) is 1. The molecule has 20 heavy (non-hydrogen) atoms. The lowest BCUT2D eigenvalue weighted by Crippen LogP contribution is -2.38. The van der Waals surface area contributed by atoms with E-state index in [-0.39, 0.29) is 23.7 Å². The molecule has 0 saturated heterocycles. The molecule has 0 amide bonds. The number of carbonyl (C=O) groups is 1. The topological polar surface area (TPSA) is 121 Å². The van der Waals surface area contributed by atoms with Gasteiger partial charge in [-0.1, -0.05) is 0 Å². The first-order valence-electron chi connectivity index (χ1n) is 5.49. The van der Waals surface area contributed by atoms with Crippen LogP contribution in [-0.4, -0.2) is 55.6 Å². The zero-order chi connectivity index (χ0) is 15.2. The highest BCUT2D eigenvalue weighted by Crippen LogP contribution is 2.17. The maximum Gasteiger partial charge on any atom is 0.318 e. The van der Waals surface area contributed by atoms with Gasteiger partial charge >= 0.3 is 5.97 Å². The van der Waals surface area contributed by atoms with Gasteiger partial charge in [-0.15, -0.1) is 0 Å². The molecule has 0 atom stereocenters. The number of carboxylic acid groups (broad SMARTS) is 1. The summed E-state index contributed by atoms with van der Waals surface area (Å²) in [5, 5.41) is 17.7. The van der Waals surface area contributed by atoms with E-state index >= 15 is 0 Å². The van der Waals surface area contributed by atoms with Gasteiger partial charge in [-0.05, 0) is 12.1 Å². The first-order chi connectivity index (χ1) is 9.43. The minimum absolute atomic E-state index is 0.0364. The van der Waals surface area contributed by atoms with E-state index in [2.05, 4.69) is 4.98 Å². The number of nitriles is 1. The fourth-order valence-corrected chi connectivity index (χ4v) is 2.92. The molecule has 0 radical (unpaired) electrons. The lowest BCUT2D eigenvalue weighted by molar-refractivity contribution is -0.137. The van der Waals surface area contributed by atoms with Gasteiger partial charge in [0, 0.05) is 19.9 Å². The maximum atomic E-state index is 12.4.